The summed E-state index contributed by atoms with van der Waals surface area (Å²) in [5.74, 6) is -0.0868. The quantitative estimate of drug-likeness (QED) is 0.720. The Balaban J connectivity index is 1.65. The van der Waals surface area contributed by atoms with Crippen LogP contribution in [-0.4, -0.2) is 36.4 Å². The molecule has 0 aliphatic carbocycles. The molecule has 7 nitrogen and oxygen atoms in total. The topological polar surface area (TPSA) is 87.7 Å². The van der Waals surface area contributed by atoms with E-state index < -0.39 is 23.4 Å². The minimum absolute atomic E-state index is 0.296. The molecule has 1 unspecified atom stereocenters. The summed E-state index contributed by atoms with van der Waals surface area (Å²) >= 11 is 0. The van der Waals surface area contributed by atoms with Crippen molar-refractivity contribution in [2.24, 2.45) is 0 Å². The predicted molar refractivity (Wildman–Crippen MR) is 103 cm³/mol. The molecule has 0 radical (unpaired) electrons. The number of ether oxygens (including phenoxy) is 1. The van der Waals surface area contributed by atoms with Crippen molar-refractivity contribution in [3.8, 4) is 5.75 Å². The second-order valence-corrected chi connectivity index (χ2v) is 6.57. The fraction of sp³-hybridized carbons (Fsp3) is 0.286. The van der Waals surface area contributed by atoms with E-state index in [1.165, 1.54) is 0 Å². The molecule has 2 N–H and O–H groups in total. The number of methoxy groups -OCH3 is 1. The standard InChI is InChI=1S/C21H23N3O4/c1-3-21(16-7-5-4-6-8-16)19(26)24(20(27)23-21)14-18(25)22-13-15-9-11-17(28-2)12-10-15/h4-12H,3,13-14H2,1-2H3,(H,22,25)(H,23,27). The Labute approximate surface area is 163 Å². The molecule has 1 aliphatic rings. The fourth-order valence-electron chi connectivity index (χ4n) is 3.28. The summed E-state index contributed by atoms with van der Waals surface area (Å²) in [6.07, 6.45) is 0.394. The van der Waals surface area contributed by atoms with Gasteiger partial charge in [-0.25, -0.2) is 4.79 Å². The van der Waals surface area contributed by atoms with Gasteiger partial charge in [-0.3, -0.25) is 14.5 Å². The summed E-state index contributed by atoms with van der Waals surface area (Å²) in [4.78, 5) is 38.7. The van der Waals surface area contributed by atoms with Crippen LogP contribution in [0.25, 0.3) is 0 Å². The van der Waals surface area contributed by atoms with Gasteiger partial charge in [0, 0.05) is 6.54 Å². The third-order valence-electron chi connectivity index (χ3n) is 4.92. The van der Waals surface area contributed by atoms with Gasteiger partial charge in [0.1, 0.15) is 17.8 Å². The first-order chi connectivity index (χ1) is 13.5. The first kappa shape index (κ1) is 19.4. The van der Waals surface area contributed by atoms with Crippen LogP contribution in [0.5, 0.6) is 5.75 Å². The molecule has 1 atom stereocenters. The molecule has 28 heavy (non-hydrogen) atoms. The maximum Gasteiger partial charge on any atom is 0.325 e. The molecule has 2 aromatic carbocycles. The van der Waals surface area contributed by atoms with Gasteiger partial charge in [-0.1, -0.05) is 49.4 Å². The number of imide groups is 1. The summed E-state index contributed by atoms with van der Waals surface area (Å²) < 4.78 is 5.10. The van der Waals surface area contributed by atoms with Crippen molar-refractivity contribution in [2.45, 2.75) is 25.4 Å². The third-order valence-corrected chi connectivity index (χ3v) is 4.92. The highest BCUT2D eigenvalue weighted by molar-refractivity contribution is 6.09. The van der Waals surface area contributed by atoms with Crippen LogP contribution in [-0.2, 0) is 21.7 Å². The van der Waals surface area contributed by atoms with Gasteiger partial charge in [0.25, 0.3) is 5.91 Å². The fourth-order valence-corrected chi connectivity index (χ4v) is 3.28. The maximum atomic E-state index is 13.0. The number of nitrogens with one attached hydrogen (secondary N) is 2. The molecule has 1 heterocycles. The first-order valence-corrected chi connectivity index (χ1v) is 9.09. The van der Waals surface area contributed by atoms with Crippen LogP contribution in [0.3, 0.4) is 0 Å². The Morgan fingerprint density at radius 1 is 1.11 bits per heavy atom. The average Bonchev–Trinajstić information content (AvgIpc) is 2.98. The van der Waals surface area contributed by atoms with E-state index in [0.29, 0.717) is 18.5 Å². The van der Waals surface area contributed by atoms with Crippen molar-refractivity contribution in [1.82, 2.24) is 15.5 Å². The lowest BCUT2D eigenvalue weighted by atomic mass is 9.87. The maximum absolute atomic E-state index is 13.0. The normalized spacial score (nSPS) is 18.7. The van der Waals surface area contributed by atoms with Gasteiger partial charge >= 0.3 is 6.03 Å². The Morgan fingerprint density at radius 2 is 1.79 bits per heavy atom. The molecular weight excluding hydrogens is 358 g/mol. The number of hydrogen-bond donors (Lipinski definition) is 2. The lowest BCUT2D eigenvalue weighted by Crippen LogP contribution is -2.44. The first-order valence-electron chi connectivity index (χ1n) is 9.09. The van der Waals surface area contributed by atoms with Crippen molar-refractivity contribution in [2.75, 3.05) is 13.7 Å². The number of carbonyl (C=O) groups excluding carboxylic acids is 3. The smallest absolute Gasteiger partial charge is 0.325 e. The summed E-state index contributed by atoms with van der Waals surface area (Å²) in [7, 11) is 1.58. The van der Waals surface area contributed by atoms with E-state index in [-0.39, 0.29) is 6.54 Å². The summed E-state index contributed by atoms with van der Waals surface area (Å²) in [6.45, 7) is 1.80. The van der Waals surface area contributed by atoms with Crippen LogP contribution >= 0.6 is 0 Å². The molecule has 1 saturated heterocycles. The molecule has 7 heteroatoms. The van der Waals surface area contributed by atoms with Gasteiger partial charge in [0.15, 0.2) is 0 Å². The zero-order valence-electron chi connectivity index (χ0n) is 15.9. The molecule has 146 valence electrons. The van der Waals surface area contributed by atoms with Gasteiger partial charge in [0.05, 0.1) is 7.11 Å². The van der Waals surface area contributed by atoms with E-state index in [0.717, 1.165) is 16.2 Å². The summed E-state index contributed by atoms with van der Waals surface area (Å²) in [5, 5.41) is 5.50. The highest BCUT2D eigenvalue weighted by Gasteiger charge is 2.51. The molecule has 4 amide bonds. The number of rotatable bonds is 7. The molecule has 0 saturated carbocycles. The third kappa shape index (κ3) is 3.69. The van der Waals surface area contributed by atoms with Crippen LogP contribution in [0.1, 0.15) is 24.5 Å². The van der Waals surface area contributed by atoms with Gasteiger partial charge in [0.2, 0.25) is 5.91 Å². The number of nitrogens with zero attached hydrogens (tertiary/aromatic N) is 1. The number of benzene rings is 2. The summed E-state index contributed by atoms with van der Waals surface area (Å²) in [5.41, 5.74) is 0.463. The van der Waals surface area contributed by atoms with Crippen LogP contribution < -0.4 is 15.4 Å². The second kappa shape index (κ2) is 8.12. The van der Waals surface area contributed by atoms with Crippen LogP contribution in [0.2, 0.25) is 0 Å². The predicted octanol–water partition coefficient (Wildman–Crippen LogP) is 2.17. The van der Waals surface area contributed by atoms with Crippen LogP contribution in [0.15, 0.2) is 54.6 Å². The van der Waals surface area contributed by atoms with Crippen molar-refractivity contribution in [1.29, 1.82) is 0 Å². The van der Waals surface area contributed by atoms with E-state index in [4.69, 9.17) is 4.74 Å². The highest BCUT2D eigenvalue weighted by atomic mass is 16.5. The van der Waals surface area contributed by atoms with E-state index in [1.807, 2.05) is 37.3 Å². The van der Waals surface area contributed by atoms with Crippen molar-refractivity contribution < 1.29 is 19.1 Å². The Bertz CT molecular complexity index is 867. The number of hydrogen-bond acceptors (Lipinski definition) is 4. The monoisotopic (exact) mass is 381 g/mol. The molecule has 0 aromatic heterocycles. The van der Waals surface area contributed by atoms with Crippen molar-refractivity contribution in [3.63, 3.8) is 0 Å². The van der Waals surface area contributed by atoms with E-state index in [9.17, 15) is 14.4 Å². The second-order valence-electron chi connectivity index (χ2n) is 6.57. The molecule has 1 aliphatic heterocycles. The average molecular weight is 381 g/mol. The Kier molecular flexibility index (Phi) is 5.63. The highest BCUT2D eigenvalue weighted by Crippen LogP contribution is 2.32. The molecule has 1 fully saturated rings. The SMILES string of the molecule is CCC1(c2ccccc2)NC(=O)N(CC(=O)NCc2ccc(OC)cc2)C1=O. The number of urea groups is 1. The minimum atomic E-state index is -1.13. The van der Waals surface area contributed by atoms with Gasteiger partial charge in [-0.05, 0) is 29.7 Å². The number of amides is 4. The van der Waals surface area contributed by atoms with E-state index in [1.54, 1.807) is 31.4 Å². The Morgan fingerprint density at radius 3 is 2.39 bits per heavy atom. The van der Waals surface area contributed by atoms with Crippen molar-refractivity contribution in [3.05, 3.63) is 65.7 Å². The van der Waals surface area contributed by atoms with Gasteiger partial charge in [-0.15, -0.1) is 0 Å². The van der Waals surface area contributed by atoms with E-state index >= 15 is 0 Å². The number of carbonyl (C=O) groups is 3. The van der Waals surface area contributed by atoms with Crippen molar-refractivity contribution >= 4 is 17.8 Å². The van der Waals surface area contributed by atoms with Crippen LogP contribution in [0.4, 0.5) is 4.79 Å². The minimum Gasteiger partial charge on any atom is -0.497 e. The Hall–Kier alpha value is -3.35. The van der Waals surface area contributed by atoms with Crippen LogP contribution in [0, 0.1) is 0 Å². The zero-order valence-corrected chi connectivity index (χ0v) is 15.9. The largest absolute Gasteiger partial charge is 0.497 e. The van der Waals surface area contributed by atoms with E-state index in [2.05, 4.69) is 10.6 Å². The molecule has 3 rings (SSSR count). The molecule has 0 bridgehead atoms. The molecule has 2 aromatic rings. The lowest BCUT2D eigenvalue weighted by molar-refractivity contribution is -0.135. The molecular formula is C21H23N3O4. The van der Waals surface area contributed by atoms with Gasteiger partial charge in [-0.2, -0.15) is 0 Å². The van der Waals surface area contributed by atoms with Gasteiger partial charge < -0.3 is 15.4 Å². The molecule has 0 spiro atoms. The zero-order chi connectivity index (χ0) is 20.1. The summed E-state index contributed by atoms with van der Waals surface area (Å²) in [6, 6.07) is 15.8. The lowest BCUT2D eigenvalue weighted by Gasteiger charge is -2.25.